The van der Waals surface area contributed by atoms with Gasteiger partial charge in [-0.1, -0.05) is 0 Å². The zero-order valence-electron chi connectivity index (χ0n) is 12.7. The summed E-state index contributed by atoms with van der Waals surface area (Å²) in [5.41, 5.74) is 6.82. The Morgan fingerprint density at radius 2 is 2.17 bits per heavy atom. The molecule has 0 bridgehead atoms. The fourth-order valence-corrected chi connectivity index (χ4v) is 5.02. The molecule has 1 spiro atoms. The molecule has 2 atom stereocenters. The summed E-state index contributed by atoms with van der Waals surface area (Å²) in [6.07, 6.45) is 8.99. The van der Waals surface area contributed by atoms with E-state index in [0.717, 1.165) is 54.6 Å². The molecule has 3 aliphatic rings. The molecule has 1 amide bonds. The van der Waals surface area contributed by atoms with E-state index in [9.17, 15) is 4.79 Å². The van der Waals surface area contributed by atoms with E-state index in [-0.39, 0.29) is 11.3 Å². The Kier molecular flexibility index (Phi) is 2.67. The molecule has 3 fully saturated rings. The van der Waals surface area contributed by atoms with E-state index in [1.165, 1.54) is 0 Å². The van der Waals surface area contributed by atoms with Crippen molar-refractivity contribution in [3.63, 3.8) is 0 Å². The molecular weight excluding hydrogens is 358 g/mol. The van der Waals surface area contributed by atoms with Crippen molar-refractivity contribution in [2.75, 3.05) is 12.3 Å². The van der Waals surface area contributed by atoms with E-state index in [1.54, 1.807) is 6.20 Å². The van der Waals surface area contributed by atoms with Gasteiger partial charge in [0.15, 0.2) is 5.82 Å². The second-order valence-electron chi connectivity index (χ2n) is 7.16. The van der Waals surface area contributed by atoms with Gasteiger partial charge in [-0.2, -0.15) is 0 Å². The van der Waals surface area contributed by atoms with Crippen molar-refractivity contribution in [2.24, 2.45) is 5.41 Å². The maximum atomic E-state index is 12.7. The standard InChI is InChI=1S/C16H18BrN5O/c17-12-11-13(18)19-5-6-21(11)14(20-12)9-1-2-10-7-16(3-4-16)15(23)22(10)8-9/h5-6,9-10H,1-4,7-8H2,(H2,18,19)/t9?,10-/m0/s1. The molecule has 23 heavy (non-hydrogen) atoms. The highest BCUT2D eigenvalue weighted by atomic mass is 79.9. The van der Waals surface area contributed by atoms with E-state index in [4.69, 9.17) is 5.73 Å². The van der Waals surface area contributed by atoms with Crippen molar-refractivity contribution in [3.05, 3.63) is 22.8 Å². The third kappa shape index (κ3) is 1.83. The summed E-state index contributed by atoms with van der Waals surface area (Å²) < 4.78 is 2.75. The van der Waals surface area contributed by atoms with Crippen LogP contribution in [-0.4, -0.2) is 37.8 Å². The van der Waals surface area contributed by atoms with Crippen molar-refractivity contribution in [1.29, 1.82) is 0 Å². The molecule has 7 heteroatoms. The Morgan fingerprint density at radius 1 is 1.35 bits per heavy atom. The number of amides is 1. The number of anilines is 1. The maximum absolute atomic E-state index is 12.7. The van der Waals surface area contributed by atoms with Crippen LogP contribution in [0.1, 0.15) is 43.8 Å². The van der Waals surface area contributed by atoms with E-state index in [0.29, 0.717) is 17.8 Å². The number of carbonyl (C=O) groups excluding carboxylic acids is 1. The number of rotatable bonds is 1. The summed E-state index contributed by atoms with van der Waals surface area (Å²) in [5.74, 6) is 2.09. The molecule has 4 heterocycles. The van der Waals surface area contributed by atoms with Gasteiger partial charge in [-0.25, -0.2) is 9.97 Å². The van der Waals surface area contributed by atoms with Crippen molar-refractivity contribution < 1.29 is 4.79 Å². The molecule has 0 aromatic carbocycles. The predicted molar refractivity (Wildman–Crippen MR) is 88.9 cm³/mol. The molecule has 2 N–H and O–H groups in total. The Labute approximate surface area is 142 Å². The molecule has 0 radical (unpaired) electrons. The number of nitrogen functional groups attached to an aromatic ring is 1. The third-order valence-corrected chi connectivity index (χ3v) is 6.39. The van der Waals surface area contributed by atoms with Crippen LogP contribution in [0.4, 0.5) is 5.82 Å². The molecule has 1 unspecified atom stereocenters. The average molecular weight is 376 g/mol. The fourth-order valence-electron chi connectivity index (χ4n) is 4.44. The van der Waals surface area contributed by atoms with Crippen molar-refractivity contribution in [2.45, 2.75) is 44.1 Å². The van der Waals surface area contributed by atoms with Gasteiger partial charge in [0.1, 0.15) is 15.9 Å². The summed E-state index contributed by atoms with van der Waals surface area (Å²) in [4.78, 5) is 23.6. The quantitative estimate of drug-likeness (QED) is 0.829. The molecular formula is C16H18BrN5O. The van der Waals surface area contributed by atoms with Crippen LogP contribution >= 0.6 is 15.9 Å². The summed E-state index contributed by atoms with van der Waals surface area (Å²) in [6, 6.07) is 0.447. The van der Waals surface area contributed by atoms with E-state index >= 15 is 0 Å². The molecule has 2 aromatic rings. The molecule has 2 saturated heterocycles. The first kappa shape index (κ1) is 13.8. The van der Waals surface area contributed by atoms with Gasteiger partial charge in [-0.05, 0) is 48.0 Å². The Balaban J connectivity index is 1.52. The normalized spacial score (nSPS) is 28.6. The van der Waals surface area contributed by atoms with Crippen LogP contribution in [0.2, 0.25) is 0 Å². The average Bonchev–Trinajstić information content (AvgIpc) is 3.16. The van der Waals surface area contributed by atoms with Gasteiger partial charge in [-0.3, -0.25) is 9.20 Å². The largest absolute Gasteiger partial charge is 0.382 e. The number of fused-ring (bicyclic) bond motifs is 2. The molecule has 1 saturated carbocycles. The SMILES string of the molecule is Nc1nccn2c(C3CC[C@H]4CC5(CC5)C(=O)N4C3)nc(Br)c12. The number of halogens is 1. The fraction of sp³-hybridized carbons (Fsp3) is 0.562. The van der Waals surface area contributed by atoms with Crippen LogP contribution in [0, 0.1) is 5.41 Å². The smallest absolute Gasteiger partial charge is 0.229 e. The second-order valence-corrected chi connectivity index (χ2v) is 7.91. The summed E-state index contributed by atoms with van der Waals surface area (Å²) in [5, 5.41) is 0. The number of piperidine rings is 1. The molecule has 6 nitrogen and oxygen atoms in total. The lowest BCUT2D eigenvalue weighted by atomic mass is 9.91. The lowest BCUT2D eigenvalue weighted by molar-refractivity contribution is -0.134. The molecule has 2 aromatic heterocycles. The third-order valence-electron chi connectivity index (χ3n) is 5.83. The lowest BCUT2D eigenvalue weighted by Gasteiger charge is -2.34. The number of hydrogen-bond acceptors (Lipinski definition) is 4. The highest BCUT2D eigenvalue weighted by Gasteiger charge is 2.59. The molecule has 120 valence electrons. The first-order valence-electron chi connectivity index (χ1n) is 8.18. The van der Waals surface area contributed by atoms with Gasteiger partial charge in [0, 0.05) is 30.9 Å². The van der Waals surface area contributed by atoms with Crippen molar-refractivity contribution in [3.8, 4) is 0 Å². The summed E-state index contributed by atoms with van der Waals surface area (Å²) in [6.45, 7) is 0.777. The molecule has 1 aliphatic carbocycles. The van der Waals surface area contributed by atoms with Crippen LogP contribution in [0.15, 0.2) is 17.0 Å². The van der Waals surface area contributed by atoms with Crippen LogP contribution in [0.3, 0.4) is 0 Å². The van der Waals surface area contributed by atoms with Crippen molar-refractivity contribution >= 4 is 33.2 Å². The topological polar surface area (TPSA) is 76.5 Å². The first-order chi connectivity index (χ1) is 11.1. The highest BCUT2D eigenvalue weighted by molar-refractivity contribution is 9.10. The number of carbonyl (C=O) groups is 1. The Morgan fingerprint density at radius 3 is 2.96 bits per heavy atom. The van der Waals surface area contributed by atoms with Gasteiger partial charge in [0.25, 0.3) is 0 Å². The summed E-state index contributed by atoms with van der Waals surface area (Å²) >= 11 is 3.50. The molecule has 2 aliphatic heterocycles. The monoisotopic (exact) mass is 375 g/mol. The number of hydrogen-bond donors (Lipinski definition) is 1. The van der Waals surface area contributed by atoms with Gasteiger partial charge in [0.2, 0.25) is 5.91 Å². The number of aromatic nitrogens is 3. The predicted octanol–water partition coefficient (Wildman–Crippen LogP) is 2.33. The lowest BCUT2D eigenvalue weighted by Crippen LogP contribution is -2.41. The minimum atomic E-state index is 0.0170. The number of nitrogens with zero attached hydrogens (tertiary/aromatic N) is 4. The zero-order chi connectivity index (χ0) is 15.8. The van der Waals surface area contributed by atoms with E-state index in [1.807, 2.05) is 10.6 Å². The minimum absolute atomic E-state index is 0.0170. The Hall–Kier alpha value is -1.63. The minimum Gasteiger partial charge on any atom is -0.382 e. The van der Waals surface area contributed by atoms with Crippen molar-refractivity contribution in [1.82, 2.24) is 19.3 Å². The zero-order valence-corrected chi connectivity index (χ0v) is 14.3. The van der Waals surface area contributed by atoms with Crippen LogP contribution < -0.4 is 5.73 Å². The number of imidazole rings is 1. The maximum Gasteiger partial charge on any atom is 0.229 e. The van der Waals surface area contributed by atoms with Gasteiger partial charge in [0.05, 0.1) is 5.41 Å². The second kappa shape index (κ2) is 4.47. The first-order valence-corrected chi connectivity index (χ1v) is 8.97. The highest BCUT2D eigenvalue weighted by Crippen LogP contribution is 2.57. The Bertz CT molecular complexity index is 827. The van der Waals surface area contributed by atoms with Crippen LogP contribution in [0.25, 0.3) is 5.52 Å². The van der Waals surface area contributed by atoms with Crippen LogP contribution in [-0.2, 0) is 4.79 Å². The van der Waals surface area contributed by atoms with E-state index in [2.05, 4.69) is 30.8 Å². The number of nitrogens with two attached hydrogens (primary N) is 1. The van der Waals surface area contributed by atoms with Gasteiger partial charge in [-0.15, -0.1) is 0 Å². The van der Waals surface area contributed by atoms with E-state index < -0.39 is 0 Å². The summed E-state index contributed by atoms with van der Waals surface area (Å²) in [7, 11) is 0. The molecule has 5 rings (SSSR count). The van der Waals surface area contributed by atoms with Gasteiger partial charge >= 0.3 is 0 Å². The van der Waals surface area contributed by atoms with Gasteiger partial charge < -0.3 is 10.6 Å². The van der Waals surface area contributed by atoms with Crippen LogP contribution in [0.5, 0.6) is 0 Å².